The highest BCUT2D eigenvalue weighted by Crippen LogP contribution is 2.37. The number of benzene rings is 2. The lowest BCUT2D eigenvalue weighted by Crippen LogP contribution is -2.10. The van der Waals surface area contributed by atoms with Gasteiger partial charge in [-0.15, -0.1) is 5.10 Å². The number of ketones is 1. The number of hydrogen-bond donors (Lipinski definition) is 1. The summed E-state index contributed by atoms with van der Waals surface area (Å²) in [6.45, 7) is 0.264. The highest BCUT2D eigenvalue weighted by molar-refractivity contribution is 7.18. The molecule has 1 N–H and O–H groups in total. The number of nitrogens with zero attached hydrogens (tertiary/aromatic N) is 3. The Morgan fingerprint density at radius 1 is 1.08 bits per heavy atom. The van der Waals surface area contributed by atoms with Gasteiger partial charge in [-0.1, -0.05) is 24.3 Å². The largest absolute Gasteiger partial charge is 0.496 e. The number of pyridine rings is 1. The molecule has 0 saturated carbocycles. The number of furan rings is 1. The lowest BCUT2D eigenvalue weighted by atomic mass is 10.0. The minimum atomic E-state index is -0.306. The average molecular weight is 543 g/mol. The Labute approximate surface area is 225 Å². The zero-order chi connectivity index (χ0) is 26.9. The Hall–Kier alpha value is -4.90. The molecule has 4 heterocycles. The van der Waals surface area contributed by atoms with E-state index >= 15 is 0 Å². The third kappa shape index (κ3) is 4.99. The molecule has 0 radical (unpaired) electrons. The molecule has 0 atom stereocenters. The Balaban J connectivity index is 1.24. The molecule has 2 aromatic carbocycles. The van der Waals surface area contributed by atoms with E-state index in [0.717, 1.165) is 16.5 Å². The molecule has 4 aromatic heterocycles. The van der Waals surface area contributed by atoms with E-state index in [1.54, 1.807) is 43.1 Å². The van der Waals surface area contributed by atoms with Gasteiger partial charge in [0.15, 0.2) is 11.5 Å². The first-order chi connectivity index (χ1) is 19.0. The van der Waals surface area contributed by atoms with Crippen LogP contribution in [0.15, 0.2) is 76.2 Å². The molecule has 0 aliphatic carbocycles. The molecule has 0 spiro atoms. The normalized spacial score (nSPS) is 11.2. The molecule has 11 heteroatoms. The first-order valence-corrected chi connectivity index (χ1v) is 12.8. The third-order valence-electron chi connectivity index (χ3n) is 6.11. The van der Waals surface area contributed by atoms with Gasteiger partial charge in [0.2, 0.25) is 10.5 Å². The number of hydrogen-bond acceptors (Lipinski definition) is 9. The number of imidazole rings is 1. The van der Waals surface area contributed by atoms with Crippen LogP contribution in [-0.2, 0) is 13.0 Å². The van der Waals surface area contributed by atoms with Gasteiger partial charge >= 0.3 is 0 Å². The fraction of sp³-hybridized carbons (Fsp3) is 0.143. The Kier molecular flexibility index (Phi) is 6.33. The molecule has 0 amide bonds. The van der Waals surface area contributed by atoms with Crippen molar-refractivity contribution in [3.8, 4) is 28.1 Å². The molecule has 0 aliphatic rings. The van der Waals surface area contributed by atoms with Crippen LogP contribution in [-0.4, -0.2) is 39.6 Å². The standard InChI is InChI=1S/C28H22N4O6S/c1-35-19-11-23(20-13-25(38-24(20)12-19)21-14-32-27(30-21)39-28(31-32)36-2)37-15-17-5-3-4-16(8-17)9-22(33)18-6-7-29-26(34)10-18/h3-8,10-14H,9,15H2,1-2H3,(H,29,34). The van der Waals surface area contributed by atoms with E-state index in [1.807, 2.05) is 30.3 Å². The molecule has 0 fully saturated rings. The van der Waals surface area contributed by atoms with Crippen LogP contribution in [0.1, 0.15) is 21.5 Å². The zero-order valence-corrected chi connectivity index (χ0v) is 21.8. The van der Waals surface area contributed by atoms with Gasteiger partial charge in [0, 0.05) is 36.4 Å². The monoisotopic (exact) mass is 542 g/mol. The summed E-state index contributed by atoms with van der Waals surface area (Å²) in [5, 5.41) is 5.61. The summed E-state index contributed by atoms with van der Waals surface area (Å²) in [5.74, 6) is 1.62. The van der Waals surface area contributed by atoms with Crippen molar-refractivity contribution in [2.45, 2.75) is 13.0 Å². The maximum atomic E-state index is 12.6. The molecule has 196 valence electrons. The summed E-state index contributed by atoms with van der Waals surface area (Å²) in [4.78, 5) is 32.0. The van der Waals surface area contributed by atoms with Crippen molar-refractivity contribution >= 4 is 33.1 Å². The maximum absolute atomic E-state index is 12.6. The van der Waals surface area contributed by atoms with Crippen LogP contribution in [0.4, 0.5) is 0 Å². The van der Waals surface area contributed by atoms with Gasteiger partial charge < -0.3 is 23.6 Å². The van der Waals surface area contributed by atoms with Crippen LogP contribution in [0.25, 0.3) is 27.4 Å². The first-order valence-electron chi connectivity index (χ1n) is 11.9. The van der Waals surface area contributed by atoms with Gasteiger partial charge in [-0.25, -0.2) is 9.50 Å². The van der Waals surface area contributed by atoms with Crippen LogP contribution < -0.4 is 19.8 Å². The molecule has 0 bridgehead atoms. The number of Topliss-reactive ketones (excluding diaryl/α,β-unsaturated/α-hetero) is 1. The van der Waals surface area contributed by atoms with E-state index < -0.39 is 0 Å². The molecular formula is C28H22N4O6S. The fourth-order valence-electron chi connectivity index (χ4n) is 4.23. The van der Waals surface area contributed by atoms with Crippen LogP contribution in [0, 0.1) is 0 Å². The van der Waals surface area contributed by atoms with Crippen molar-refractivity contribution in [3.05, 3.63) is 94.0 Å². The summed E-state index contributed by atoms with van der Waals surface area (Å²) in [7, 11) is 3.15. The Morgan fingerprint density at radius 3 is 2.74 bits per heavy atom. The van der Waals surface area contributed by atoms with Crippen molar-refractivity contribution in [2.75, 3.05) is 14.2 Å². The molecule has 0 saturated heterocycles. The lowest BCUT2D eigenvalue weighted by molar-refractivity contribution is 0.0992. The third-order valence-corrected chi connectivity index (χ3v) is 6.99. The Morgan fingerprint density at radius 2 is 1.95 bits per heavy atom. The second-order valence-corrected chi connectivity index (χ2v) is 9.64. The Bertz CT molecular complexity index is 1850. The minimum Gasteiger partial charge on any atom is -0.496 e. The zero-order valence-electron chi connectivity index (χ0n) is 21.0. The predicted octanol–water partition coefficient (Wildman–Crippen LogP) is 4.91. The van der Waals surface area contributed by atoms with Crippen molar-refractivity contribution in [2.24, 2.45) is 0 Å². The van der Waals surface area contributed by atoms with Gasteiger partial charge in [0.1, 0.15) is 29.4 Å². The second kappa shape index (κ2) is 10.1. The molecule has 6 aromatic rings. The summed E-state index contributed by atoms with van der Waals surface area (Å²) >= 11 is 1.33. The molecule has 0 aliphatic heterocycles. The summed E-state index contributed by atoms with van der Waals surface area (Å²) in [6, 6.07) is 16.0. The van der Waals surface area contributed by atoms with Crippen LogP contribution in [0.2, 0.25) is 0 Å². The van der Waals surface area contributed by atoms with Crippen molar-refractivity contribution in [1.82, 2.24) is 19.6 Å². The number of fused-ring (bicyclic) bond motifs is 2. The number of H-pyrrole nitrogens is 1. The van der Waals surface area contributed by atoms with E-state index in [0.29, 0.717) is 44.3 Å². The molecule has 0 unspecified atom stereocenters. The second-order valence-electron chi connectivity index (χ2n) is 8.72. The van der Waals surface area contributed by atoms with Crippen molar-refractivity contribution in [3.63, 3.8) is 0 Å². The number of carbonyl (C=O) groups is 1. The summed E-state index contributed by atoms with van der Waals surface area (Å²) < 4.78 is 24.6. The average Bonchev–Trinajstić information content (AvgIpc) is 3.65. The molecule has 39 heavy (non-hydrogen) atoms. The molecule has 10 nitrogen and oxygen atoms in total. The number of methoxy groups -OCH3 is 2. The van der Waals surface area contributed by atoms with Gasteiger partial charge in [0.05, 0.1) is 25.8 Å². The van der Waals surface area contributed by atoms with Crippen molar-refractivity contribution < 1.29 is 23.4 Å². The minimum absolute atomic E-state index is 0.132. The summed E-state index contributed by atoms with van der Waals surface area (Å²) in [5.41, 5.74) is 3.02. The smallest absolute Gasteiger partial charge is 0.294 e. The number of rotatable bonds is 9. The van der Waals surface area contributed by atoms with E-state index in [-0.39, 0.29) is 24.4 Å². The SMILES string of the molecule is COc1cc(OCc2cccc(CC(=O)c3cc[nH]c(=O)c3)c2)c2cc(-c3cn4nc(OC)sc4n3)oc2c1. The van der Waals surface area contributed by atoms with E-state index in [2.05, 4.69) is 15.1 Å². The van der Waals surface area contributed by atoms with Gasteiger partial charge in [0.25, 0.3) is 5.19 Å². The number of aromatic amines is 1. The number of nitrogens with one attached hydrogen (secondary N) is 1. The topological polar surface area (TPSA) is 121 Å². The van der Waals surface area contributed by atoms with E-state index in [1.165, 1.54) is 23.6 Å². The highest BCUT2D eigenvalue weighted by atomic mass is 32.1. The lowest BCUT2D eigenvalue weighted by Gasteiger charge is -2.10. The molecule has 6 rings (SSSR count). The van der Waals surface area contributed by atoms with E-state index in [9.17, 15) is 9.59 Å². The first kappa shape index (κ1) is 24.4. The number of carbonyl (C=O) groups excluding carboxylic acids is 1. The fourth-order valence-corrected chi connectivity index (χ4v) is 4.92. The quantitative estimate of drug-likeness (QED) is 0.256. The number of ether oxygens (including phenoxy) is 3. The van der Waals surface area contributed by atoms with E-state index in [4.69, 9.17) is 18.6 Å². The van der Waals surface area contributed by atoms with Gasteiger partial charge in [-0.3, -0.25) is 9.59 Å². The van der Waals surface area contributed by atoms with Crippen molar-refractivity contribution in [1.29, 1.82) is 0 Å². The number of aromatic nitrogens is 4. The van der Waals surface area contributed by atoms with Crippen LogP contribution in [0.5, 0.6) is 16.7 Å². The summed E-state index contributed by atoms with van der Waals surface area (Å²) in [6.07, 6.45) is 3.43. The maximum Gasteiger partial charge on any atom is 0.294 e. The molecular weight excluding hydrogens is 520 g/mol. The van der Waals surface area contributed by atoms with Gasteiger partial charge in [-0.2, -0.15) is 0 Å². The highest BCUT2D eigenvalue weighted by Gasteiger charge is 2.17. The van der Waals surface area contributed by atoms with Crippen LogP contribution >= 0.6 is 11.3 Å². The van der Waals surface area contributed by atoms with Crippen LogP contribution in [0.3, 0.4) is 0 Å². The van der Waals surface area contributed by atoms with Gasteiger partial charge in [-0.05, 0) is 34.6 Å². The predicted molar refractivity (Wildman–Crippen MR) is 145 cm³/mol.